The highest BCUT2D eigenvalue weighted by Crippen LogP contribution is 2.41. The summed E-state index contributed by atoms with van der Waals surface area (Å²) in [5.74, 6) is 8.64. The van der Waals surface area contributed by atoms with E-state index in [2.05, 4.69) is 69.0 Å². The fraction of sp³-hybridized carbons (Fsp3) is 0.370. The average Bonchev–Trinajstić information content (AvgIpc) is 3.59. The molecule has 0 spiro atoms. The van der Waals surface area contributed by atoms with E-state index in [1.165, 1.54) is 46.9 Å². The van der Waals surface area contributed by atoms with E-state index in [0.717, 1.165) is 23.1 Å². The molecular formula is C27H28N4OS. The lowest BCUT2D eigenvalue weighted by Crippen LogP contribution is -2.03. The third kappa shape index (κ3) is 4.79. The summed E-state index contributed by atoms with van der Waals surface area (Å²) in [5.41, 5.74) is 5.25. The second-order valence-electron chi connectivity index (χ2n) is 8.82. The highest BCUT2D eigenvalue weighted by molar-refractivity contribution is 7.17. The van der Waals surface area contributed by atoms with Gasteiger partial charge in [0.1, 0.15) is 18.2 Å². The number of benzene rings is 2. The number of aromatic amines is 1. The molecule has 1 aliphatic rings. The molecule has 0 amide bonds. The van der Waals surface area contributed by atoms with Crippen molar-refractivity contribution in [3.05, 3.63) is 69.9 Å². The van der Waals surface area contributed by atoms with E-state index in [1.807, 2.05) is 30.4 Å². The molecule has 168 valence electrons. The van der Waals surface area contributed by atoms with Crippen LogP contribution in [0.2, 0.25) is 0 Å². The van der Waals surface area contributed by atoms with Crippen molar-refractivity contribution in [1.82, 2.24) is 20.6 Å². The van der Waals surface area contributed by atoms with E-state index in [9.17, 15) is 0 Å². The summed E-state index contributed by atoms with van der Waals surface area (Å²) in [7, 11) is 0. The molecule has 6 heteroatoms. The largest absolute Gasteiger partial charge is 0.489 e. The standard InChI is InChI=1S/C27H28N4OS/c1-3-6-22(15-26-28-30-31-29-26)20-9-11-23(12-10-20)32-16-19-13-18(2)27-24(14-19)25(17-33-27)21-7-4-5-8-21/h9-14,17,21-22H,4-5,7-8,15-16H2,1-2H3,(H,28,29,30,31). The van der Waals surface area contributed by atoms with Crippen molar-refractivity contribution in [3.63, 3.8) is 0 Å². The number of ether oxygens (including phenoxy) is 1. The van der Waals surface area contributed by atoms with Crippen molar-refractivity contribution >= 4 is 21.4 Å². The summed E-state index contributed by atoms with van der Waals surface area (Å²) in [5, 5.41) is 17.9. The molecule has 0 bridgehead atoms. The first-order chi connectivity index (χ1) is 16.2. The van der Waals surface area contributed by atoms with Crippen molar-refractivity contribution < 1.29 is 4.74 Å². The SMILES string of the molecule is CC#CC(Cc1nnn[nH]1)c1ccc(OCc2cc(C)c3scc(C4CCCC4)c3c2)cc1. The maximum absolute atomic E-state index is 6.17. The van der Waals surface area contributed by atoms with Gasteiger partial charge in [0.15, 0.2) is 0 Å². The van der Waals surface area contributed by atoms with Gasteiger partial charge in [-0.1, -0.05) is 37.0 Å². The second-order valence-corrected chi connectivity index (χ2v) is 9.70. The summed E-state index contributed by atoms with van der Waals surface area (Å²) in [4.78, 5) is 0. The monoisotopic (exact) mass is 456 g/mol. The van der Waals surface area contributed by atoms with Gasteiger partial charge in [0, 0.05) is 11.1 Å². The molecule has 1 atom stereocenters. The van der Waals surface area contributed by atoms with Gasteiger partial charge in [-0.15, -0.1) is 22.4 Å². The van der Waals surface area contributed by atoms with Crippen LogP contribution in [0.1, 0.15) is 72.5 Å². The van der Waals surface area contributed by atoms with Gasteiger partial charge < -0.3 is 4.74 Å². The van der Waals surface area contributed by atoms with Gasteiger partial charge in [-0.3, -0.25) is 0 Å². The highest BCUT2D eigenvalue weighted by atomic mass is 32.1. The number of thiophene rings is 1. The van der Waals surface area contributed by atoms with Gasteiger partial charge in [-0.05, 0) is 94.3 Å². The van der Waals surface area contributed by atoms with E-state index in [4.69, 9.17) is 4.74 Å². The minimum absolute atomic E-state index is 0.0384. The smallest absolute Gasteiger partial charge is 0.150 e. The van der Waals surface area contributed by atoms with Gasteiger partial charge in [0.25, 0.3) is 0 Å². The van der Waals surface area contributed by atoms with Crippen molar-refractivity contribution in [2.45, 2.75) is 64.4 Å². The Morgan fingerprint density at radius 3 is 2.73 bits per heavy atom. The molecule has 2 aromatic carbocycles. The molecule has 1 fully saturated rings. The van der Waals surface area contributed by atoms with E-state index in [0.29, 0.717) is 13.0 Å². The Bertz CT molecular complexity index is 1280. The zero-order valence-corrected chi connectivity index (χ0v) is 19.9. The van der Waals surface area contributed by atoms with Gasteiger partial charge in [-0.2, -0.15) is 0 Å². The molecule has 2 heterocycles. The molecular weight excluding hydrogens is 428 g/mol. The molecule has 1 saturated carbocycles. The minimum atomic E-state index is 0.0384. The zero-order chi connectivity index (χ0) is 22.6. The first kappa shape index (κ1) is 21.7. The Labute approximate surface area is 198 Å². The third-order valence-electron chi connectivity index (χ3n) is 6.54. The molecule has 1 N–H and O–H groups in total. The molecule has 0 saturated heterocycles. The number of rotatable bonds is 7. The Balaban J connectivity index is 1.30. The lowest BCUT2D eigenvalue weighted by molar-refractivity contribution is 0.306. The summed E-state index contributed by atoms with van der Waals surface area (Å²) in [6, 6.07) is 12.8. The van der Waals surface area contributed by atoms with Gasteiger partial charge >= 0.3 is 0 Å². The lowest BCUT2D eigenvalue weighted by atomic mass is 9.95. The molecule has 1 unspecified atom stereocenters. The van der Waals surface area contributed by atoms with E-state index >= 15 is 0 Å². The molecule has 5 rings (SSSR count). The van der Waals surface area contributed by atoms with Gasteiger partial charge in [-0.25, -0.2) is 5.10 Å². The predicted octanol–water partition coefficient (Wildman–Crippen LogP) is 6.31. The van der Waals surface area contributed by atoms with Crippen molar-refractivity contribution in [3.8, 4) is 17.6 Å². The lowest BCUT2D eigenvalue weighted by Gasteiger charge is -2.13. The van der Waals surface area contributed by atoms with E-state index < -0.39 is 0 Å². The summed E-state index contributed by atoms with van der Waals surface area (Å²) >= 11 is 1.89. The van der Waals surface area contributed by atoms with Crippen LogP contribution in [0, 0.1) is 18.8 Å². The summed E-state index contributed by atoms with van der Waals surface area (Å²) in [6.07, 6.45) is 6.03. The van der Waals surface area contributed by atoms with Crippen LogP contribution in [0.5, 0.6) is 5.75 Å². The predicted molar refractivity (Wildman–Crippen MR) is 133 cm³/mol. The third-order valence-corrected chi connectivity index (χ3v) is 7.69. The number of H-pyrrole nitrogens is 1. The minimum Gasteiger partial charge on any atom is -0.489 e. The molecule has 0 aliphatic heterocycles. The maximum Gasteiger partial charge on any atom is 0.150 e. The fourth-order valence-electron chi connectivity index (χ4n) is 4.89. The Morgan fingerprint density at radius 1 is 1.18 bits per heavy atom. The first-order valence-corrected chi connectivity index (χ1v) is 12.5. The number of fused-ring (bicyclic) bond motifs is 1. The highest BCUT2D eigenvalue weighted by Gasteiger charge is 2.21. The zero-order valence-electron chi connectivity index (χ0n) is 19.1. The Kier molecular flexibility index (Phi) is 6.41. The van der Waals surface area contributed by atoms with Crippen LogP contribution in [0.15, 0.2) is 41.8 Å². The van der Waals surface area contributed by atoms with E-state index in [1.54, 1.807) is 5.56 Å². The first-order valence-electron chi connectivity index (χ1n) is 11.6. The maximum atomic E-state index is 6.17. The fourth-order valence-corrected chi connectivity index (χ4v) is 6.00. The molecule has 4 aromatic rings. The molecule has 1 aliphatic carbocycles. The van der Waals surface area contributed by atoms with Crippen LogP contribution >= 0.6 is 11.3 Å². The topological polar surface area (TPSA) is 63.7 Å². The number of tetrazole rings is 1. The summed E-state index contributed by atoms with van der Waals surface area (Å²) in [6.45, 7) is 4.64. The number of nitrogens with one attached hydrogen (secondary N) is 1. The van der Waals surface area contributed by atoms with Gasteiger partial charge in [0.2, 0.25) is 0 Å². The quantitative estimate of drug-likeness (QED) is 0.331. The van der Waals surface area contributed by atoms with Crippen LogP contribution in [-0.2, 0) is 13.0 Å². The van der Waals surface area contributed by atoms with Crippen LogP contribution < -0.4 is 4.74 Å². The molecule has 2 aromatic heterocycles. The molecule has 5 nitrogen and oxygen atoms in total. The number of nitrogens with zero attached hydrogens (tertiary/aromatic N) is 3. The Morgan fingerprint density at radius 2 is 2.00 bits per heavy atom. The number of hydrogen-bond donors (Lipinski definition) is 1. The van der Waals surface area contributed by atoms with Crippen molar-refractivity contribution in [2.24, 2.45) is 0 Å². The second kappa shape index (κ2) is 9.76. The van der Waals surface area contributed by atoms with Crippen LogP contribution in [0.3, 0.4) is 0 Å². The van der Waals surface area contributed by atoms with Crippen LogP contribution in [0.25, 0.3) is 10.1 Å². The average molecular weight is 457 g/mol. The summed E-state index contributed by atoms with van der Waals surface area (Å²) < 4.78 is 7.59. The van der Waals surface area contributed by atoms with Crippen LogP contribution in [-0.4, -0.2) is 20.6 Å². The Hall–Kier alpha value is -3.17. The van der Waals surface area contributed by atoms with Gasteiger partial charge in [0.05, 0.1) is 5.92 Å². The number of aromatic nitrogens is 4. The normalized spacial score (nSPS) is 14.8. The van der Waals surface area contributed by atoms with Crippen molar-refractivity contribution in [2.75, 3.05) is 0 Å². The van der Waals surface area contributed by atoms with Crippen molar-refractivity contribution in [1.29, 1.82) is 0 Å². The number of aryl methyl sites for hydroxylation is 1. The molecule has 0 radical (unpaired) electrons. The van der Waals surface area contributed by atoms with E-state index in [-0.39, 0.29) is 5.92 Å². The number of hydrogen-bond acceptors (Lipinski definition) is 5. The molecule has 33 heavy (non-hydrogen) atoms. The van der Waals surface area contributed by atoms with Crippen LogP contribution in [0.4, 0.5) is 0 Å².